The van der Waals surface area contributed by atoms with Gasteiger partial charge < -0.3 is 0 Å². The summed E-state index contributed by atoms with van der Waals surface area (Å²) in [5, 5.41) is -0.514. The van der Waals surface area contributed by atoms with Crippen molar-refractivity contribution in [3.8, 4) is 0 Å². The Balaban J connectivity index is 0.00000121. The van der Waals surface area contributed by atoms with Gasteiger partial charge in [-0.1, -0.05) is 11.6 Å². The molecule has 1 aromatic rings. The summed E-state index contributed by atoms with van der Waals surface area (Å²) in [6, 6.07) is 2.07. The average molecular weight is 218 g/mol. The fourth-order valence-electron chi connectivity index (χ4n) is 0.597. The Morgan fingerprint density at radius 3 is 2.25 bits per heavy atom. The molecule has 68 valence electrons. The molecule has 0 N–H and O–H groups in total. The van der Waals surface area contributed by atoms with Crippen molar-refractivity contribution in [1.29, 1.82) is 0 Å². The molecule has 0 aliphatic rings. The van der Waals surface area contributed by atoms with Gasteiger partial charge in [0.15, 0.2) is 0 Å². The highest BCUT2D eigenvalue weighted by Crippen LogP contribution is 2.32. The van der Waals surface area contributed by atoms with Crippen LogP contribution in [0.25, 0.3) is 0 Å². The molecular formula is C6H4Cl2F3N. The first-order valence-corrected chi connectivity index (χ1v) is 3.07. The molecule has 0 saturated carbocycles. The Hall–Kier alpha value is -0.480. The van der Waals surface area contributed by atoms with Gasteiger partial charge in [0.1, 0.15) is 5.15 Å². The Morgan fingerprint density at radius 1 is 1.33 bits per heavy atom. The van der Waals surface area contributed by atoms with Crippen LogP contribution in [0, 0.1) is 0 Å². The first kappa shape index (κ1) is 11.5. The van der Waals surface area contributed by atoms with Crippen molar-refractivity contribution in [1.82, 2.24) is 4.98 Å². The third-order valence-electron chi connectivity index (χ3n) is 1.06. The number of nitrogens with zero attached hydrogens (tertiary/aromatic N) is 1. The monoisotopic (exact) mass is 217 g/mol. The Morgan fingerprint density at radius 2 is 1.92 bits per heavy atom. The number of hydrogen-bond acceptors (Lipinski definition) is 1. The number of pyridine rings is 1. The molecule has 12 heavy (non-hydrogen) atoms. The maximum atomic E-state index is 11.9. The average Bonchev–Trinajstić information content (AvgIpc) is 1.86. The van der Waals surface area contributed by atoms with E-state index < -0.39 is 16.9 Å². The Labute approximate surface area is 78.0 Å². The molecule has 6 heteroatoms. The van der Waals surface area contributed by atoms with Crippen LogP contribution in [0.5, 0.6) is 0 Å². The zero-order valence-electron chi connectivity index (χ0n) is 5.60. The van der Waals surface area contributed by atoms with Crippen LogP contribution in [0.1, 0.15) is 5.56 Å². The van der Waals surface area contributed by atoms with Crippen LogP contribution in [-0.4, -0.2) is 4.98 Å². The number of aromatic nitrogens is 1. The largest absolute Gasteiger partial charge is 0.419 e. The molecule has 0 unspecified atom stereocenters. The molecule has 0 radical (unpaired) electrons. The molecule has 1 heterocycles. The third kappa shape index (κ3) is 2.53. The zero-order chi connectivity index (χ0) is 8.48. The smallest absolute Gasteiger partial charge is 0.244 e. The van der Waals surface area contributed by atoms with E-state index in [1.165, 1.54) is 12.3 Å². The number of alkyl halides is 3. The highest BCUT2D eigenvalue weighted by Gasteiger charge is 2.33. The minimum atomic E-state index is -4.41. The van der Waals surface area contributed by atoms with Crippen LogP contribution in [0.3, 0.4) is 0 Å². The van der Waals surface area contributed by atoms with Crippen LogP contribution < -0.4 is 0 Å². The molecule has 0 saturated heterocycles. The molecular weight excluding hydrogens is 214 g/mol. The van der Waals surface area contributed by atoms with Crippen molar-refractivity contribution in [3.63, 3.8) is 0 Å². The molecule has 0 aromatic carbocycles. The fourth-order valence-corrected chi connectivity index (χ4v) is 0.824. The number of halogens is 5. The lowest BCUT2D eigenvalue weighted by Gasteiger charge is -2.05. The van der Waals surface area contributed by atoms with Gasteiger partial charge in [-0.2, -0.15) is 13.2 Å². The van der Waals surface area contributed by atoms with E-state index in [-0.39, 0.29) is 12.4 Å². The lowest BCUT2D eigenvalue weighted by molar-refractivity contribution is -0.137. The summed E-state index contributed by atoms with van der Waals surface area (Å²) in [4.78, 5) is 3.29. The summed E-state index contributed by atoms with van der Waals surface area (Å²) in [7, 11) is 0. The van der Waals surface area contributed by atoms with E-state index >= 15 is 0 Å². The van der Waals surface area contributed by atoms with Crippen LogP contribution in [-0.2, 0) is 6.18 Å². The van der Waals surface area contributed by atoms with Crippen LogP contribution in [0.4, 0.5) is 13.2 Å². The molecule has 0 spiro atoms. The minimum absolute atomic E-state index is 0. The summed E-state index contributed by atoms with van der Waals surface area (Å²) in [5.74, 6) is 0. The molecule has 0 amide bonds. The Bertz CT molecular complexity index is 261. The standard InChI is InChI=1S/C6H3ClF3N.ClH/c7-5-4(6(8,9)10)2-1-3-11-5;/h1-3H;1H. The molecule has 1 aromatic heterocycles. The van der Waals surface area contributed by atoms with E-state index in [2.05, 4.69) is 4.98 Å². The van der Waals surface area contributed by atoms with E-state index in [1.54, 1.807) is 0 Å². The summed E-state index contributed by atoms with van der Waals surface area (Å²) < 4.78 is 35.8. The summed E-state index contributed by atoms with van der Waals surface area (Å²) in [6.45, 7) is 0. The van der Waals surface area contributed by atoms with Gasteiger partial charge in [-0.3, -0.25) is 0 Å². The second-order valence-corrected chi connectivity index (χ2v) is 2.20. The fraction of sp³-hybridized carbons (Fsp3) is 0.167. The summed E-state index contributed by atoms with van der Waals surface area (Å²) in [6.07, 6.45) is -3.21. The summed E-state index contributed by atoms with van der Waals surface area (Å²) >= 11 is 5.18. The van der Waals surface area contributed by atoms with Crippen molar-refractivity contribution in [3.05, 3.63) is 29.0 Å². The van der Waals surface area contributed by atoms with Gasteiger partial charge in [0.05, 0.1) is 5.56 Å². The van der Waals surface area contributed by atoms with Crippen molar-refractivity contribution < 1.29 is 13.2 Å². The lowest BCUT2D eigenvalue weighted by Crippen LogP contribution is -2.06. The third-order valence-corrected chi connectivity index (χ3v) is 1.37. The molecule has 0 aliphatic carbocycles. The van der Waals surface area contributed by atoms with Crippen molar-refractivity contribution in [2.24, 2.45) is 0 Å². The van der Waals surface area contributed by atoms with Gasteiger partial charge in [0.25, 0.3) is 0 Å². The number of hydrogen-bond donors (Lipinski definition) is 0. The minimum Gasteiger partial charge on any atom is -0.244 e. The van der Waals surface area contributed by atoms with Crippen molar-refractivity contribution >= 4 is 24.0 Å². The highest BCUT2D eigenvalue weighted by atomic mass is 35.5. The van der Waals surface area contributed by atoms with Gasteiger partial charge in [-0.15, -0.1) is 12.4 Å². The maximum absolute atomic E-state index is 11.9. The van der Waals surface area contributed by atoms with Gasteiger partial charge in [0.2, 0.25) is 0 Å². The first-order chi connectivity index (χ1) is 5.02. The second-order valence-electron chi connectivity index (χ2n) is 1.84. The maximum Gasteiger partial charge on any atom is 0.419 e. The van der Waals surface area contributed by atoms with E-state index in [4.69, 9.17) is 11.6 Å². The zero-order valence-corrected chi connectivity index (χ0v) is 7.17. The van der Waals surface area contributed by atoms with Gasteiger partial charge in [-0.05, 0) is 12.1 Å². The van der Waals surface area contributed by atoms with Gasteiger partial charge in [0, 0.05) is 6.20 Å². The van der Waals surface area contributed by atoms with E-state index in [9.17, 15) is 13.2 Å². The highest BCUT2D eigenvalue weighted by molar-refractivity contribution is 6.30. The lowest BCUT2D eigenvalue weighted by atomic mass is 10.3. The van der Waals surface area contributed by atoms with Gasteiger partial charge in [-0.25, -0.2) is 4.98 Å². The van der Waals surface area contributed by atoms with Crippen LogP contribution in [0.2, 0.25) is 5.15 Å². The topological polar surface area (TPSA) is 12.9 Å². The van der Waals surface area contributed by atoms with Crippen LogP contribution >= 0.6 is 24.0 Å². The molecule has 0 atom stereocenters. The Kier molecular flexibility index (Phi) is 3.80. The molecule has 0 aliphatic heterocycles. The predicted octanol–water partition coefficient (Wildman–Crippen LogP) is 3.18. The van der Waals surface area contributed by atoms with E-state index in [0.717, 1.165) is 6.07 Å². The molecule has 1 rings (SSSR count). The second kappa shape index (κ2) is 3.96. The summed E-state index contributed by atoms with van der Waals surface area (Å²) in [5.41, 5.74) is -0.901. The molecule has 0 fully saturated rings. The predicted molar refractivity (Wildman–Crippen MR) is 41.5 cm³/mol. The van der Waals surface area contributed by atoms with Crippen molar-refractivity contribution in [2.45, 2.75) is 6.18 Å². The van der Waals surface area contributed by atoms with Gasteiger partial charge >= 0.3 is 6.18 Å². The molecule has 1 nitrogen and oxygen atoms in total. The van der Waals surface area contributed by atoms with Crippen LogP contribution in [0.15, 0.2) is 18.3 Å². The van der Waals surface area contributed by atoms with E-state index in [0.29, 0.717) is 0 Å². The number of rotatable bonds is 0. The SMILES string of the molecule is Cl.FC(F)(F)c1cccnc1Cl. The first-order valence-electron chi connectivity index (χ1n) is 2.69. The quantitative estimate of drug-likeness (QED) is 0.609. The molecule has 0 bridgehead atoms. The normalized spacial score (nSPS) is 10.7. The van der Waals surface area contributed by atoms with Crippen molar-refractivity contribution in [2.75, 3.05) is 0 Å². The van der Waals surface area contributed by atoms with E-state index in [1.807, 2.05) is 0 Å².